The molecule has 3 heteroatoms. The number of hydrogen-bond acceptors (Lipinski definition) is 3. The van der Waals surface area contributed by atoms with Gasteiger partial charge in [0.1, 0.15) is 12.2 Å². The number of aliphatic hydroxyl groups excluding tert-OH is 1. The Morgan fingerprint density at radius 3 is 2.63 bits per heavy atom. The third-order valence-electron chi connectivity index (χ3n) is 4.08. The van der Waals surface area contributed by atoms with Gasteiger partial charge in [0, 0.05) is 19.1 Å². The predicted molar refractivity (Wildman–Crippen MR) is 77.3 cm³/mol. The fourth-order valence-corrected chi connectivity index (χ4v) is 2.52. The second kappa shape index (κ2) is 6.04. The van der Waals surface area contributed by atoms with Crippen LogP contribution in [0, 0.1) is 13.8 Å². The fourth-order valence-electron chi connectivity index (χ4n) is 2.52. The number of rotatable bonds is 3. The highest BCUT2D eigenvalue weighted by molar-refractivity contribution is 5.31. The minimum Gasteiger partial charge on any atom is -0.386 e. The Labute approximate surface area is 116 Å². The average molecular weight is 263 g/mol. The van der Waals surface area contributed by atoms with E-state index < -0.39 is 6.10 Å². The zero-order valence-electron chi connectivity index (χ0n) is 12.4. The van der Waals surface area contributed by atoms with Crippen molar-refractivity contribution in [3.63, 3.8) is 0 Å². The highest BCUT2D eigenvalue weighted by Crippen LogP contribution is 2.24. The molecule has 106 valence electrons. The third kappa shape index (κ3) is 3.35. The monoisotopic (exact) mass is 263 g/mol. The van der Waals surface area contributed by atoms with Gasteiger partial charge in [0.05, 0.1) is 6.61 Å². The summed E-state index contributed by atoms with van der Waals surface area (Å²) in [4.78, 5) is 2.36. The molecule has 3 nitrogen and oxygen atoms in total. The summed E-state index contributed by atoms with van der Waals surface area (Å²) in [5.74, 6) is 0. The summed E-state index contributed by atoms with van der Waals surface area (Å²) in [7, 11) is 0. The van der Waals surface area contributed by atoms with Crippen molar-refractivity contribution in [3.05, 3.63) is 34.9 Å². The van der Waals surface area contributed by atoms with E-state index in [0.717, 1.165) is 18.7 Å². The molecule has 0 radical (unpaired) electrons. The van der Waals surface area contributed by atoms with Crippen molar-refractivity contribution in [3.8, 4) is 0 Å². The maximum absolute atomic E-state index is 10.5. The van der Waals surface area contributed by atoms with E-state index in [0.29, 0.717) is 12.6 Å². The number of hydrogen-bond donors (Lipinski definition) is 1. The number of nitrogens with zero attached hydrogens (tertiary/aromatic N) is 1. The summed E-state index contributed by atoms with van der Waals surface area (Å²) in [5, 5.41) is 10.5. The lowest BCUT2D eigenvalue weighted by Crippen LogP contribution is -2.47. The fraction of sp³-hybridized carbons (Fsp3) is 0.625. The van der Waals surface area contributed by atoms with Gasteiger partial charge < -0.3 is 9.84 Å². The van der Waals surface area contributed by atoms with Crippen LogP contribution < -0.4 is 0 Å². The SMILES string of the molecule is Cc1ccc(C(O)C2CN(C(C)C)CCO2)cc1C. The van der Waals surface area contributed by atoms with Crippen LogP contribution in [-0.2, 0) is 4.74 Å². The van der Waals surface area contributed by atoms with Crippen molar-refractivity contribution in [1.29, 1.82) is 0 Å². The smallest absolute Gasteiger partial charge is 0.106 e. The van der Waals surface area contributed by atoms with Gasteiger partial charge in [-0.2, -0.15) is 0 Å². The Balaban J connectivity index is 2.10. The molecule has 0 spiro atoms. The van der Waals surface area contributed by atoms with Gasteiger partial charge in [-0.3, -0.25) is 4.90 Å². The maximum Gasteiger partial charge on any atom is 0.106 e. The van der Waals surface area contributed by atoms with Crippen molar-refractivity contribution < 1.29 is 9.84 Å². The van der Waals surface area contributed by atoms with Gasteiger partial charge in [0.25, 0.3) is 0 Å². The van der Waals surface area contributed by atoms with Crippen molar-refractivity contribution in [2.45, 2.75) is 45.9 Å². The Bertz CT molecular complexity index is 431. The molecular weight excluding hydrogens is 238 g/mol. The number of ether oxygens (including phenoxy) is 1. The number of benzene rings is 1. The Kier molecular flexibility index (Phi) is 4.61. The lowest BCUT2D eigenvalue weighted by molar-refractivity contribution is -0.0961. The summed E-state index contributed by atoms with van der Waals surface area (Å²) >= 11 is 0. The van der Waals surface area contributed by atoms with E-state index >= 15 is 0 Å². The summed E-state index contributed by atoms with van der Waals surface area (Å²) in [6, 6.07) is 6.64. The quantitative estimate of drug-likeness (QED) is 0.909. The van der Waals surface area contributed by atoms with Crippen LogP contribution in [0.3, 0.4) is 0 Å². The second-order valence-electron chi connectivity index (χ2n) is 5.79. The van der Waals surface area contributed by atoms with E-state index in [1.54, 1.807) is 0 Å². The van der Waals surface area contributed by atoms with Crippen LogP contribution >= 0.6 is 0 Å². The first kappa shape index (κ1) is 14.5. The van der Waals surface area contributed by atoms with Crippen LogP contribution in [0.4, 0.5) is 0 Å². The highest BCUT2D eigenvalue weighted by atomic mass is 16.5. The molecule has 1 saturated heterocycles. The molecular formula is C16H25NO2. The van der Waals surface area contributed by atoms with Gasteiger partial charge in [-0.05, 0) is 44.4 Å². The summed E-state index contributed by atoms with van der Waals surface area (Å²) < 4.78 is 5.75. The van der Waals surface area contributed by atoms with Crippen molar-refractivity contribution in [2.24, 2.45) is 0 Å². The Morgan fingerprint density at radius 2 is 2.00 bits per heavy atom. The van der Waals surface area contributed by atoms with E-state index in [-0.39, 0.29) is 6.10 Å². The van der Waals surface area contributed by atoms with E-state index in [1.165, 1.54) is 11.1 Å². The topological polar surface area (TPSA) is 32.7 Å². The first-order chi connectivity index (χ1) is 8.99. The van der Waals surface area contributed by atoms with Crippen LogP contribution in [0.1, 0.15) is 36.6 Å². The van der Waals surface area contributed by atoms with E-state index in [9.17, 15) is 5.11 Å². The molecule has 1 aliphatic heterocycles. The van der Waals surface area contributed by atoms with Crippen LogP contribution in [0.2, 0.25) is 0 Å². The lowest BCUT2D eigenvalue weighted by atomic mass is 9.98. The minimum absolute atomic E-state index is 0.127. The molecule has 0 aromatic heterocycles. The predicted octanol–water partition coefficient (Wildman–Crippen LogP) is 2.45. The molecule has 2 rings (SSSR count). The summed E-state index contributed by atoms with van der Waals surface area (Å²) in [6.45, 7) is 11.0. The van der Waals surface area contributed by atoms with E-state index in [2.05, 4.69) is 44.7 Å². The Morgan fingerprint density at radius 1 is 1.26 bits per heavy atom. The van der Waals surface area contributed by atoms with Crippen molar-refractivity contribution in [2.75, 3.05) is 19.7 Å². The minimum atomic E-state index is -0.541. The average Bonchev–Trinajstić information content (AvgIpc) is 2.41. The van der Waals surface area contributed by atoms with Crippen LogP contribution in [0.25, 0.3) is 0 Å². The Hall–Kier alpha value is -0.900. The molecule has 2 unspecified atom stereocenters. The standard InChI is InChI=1S/C16H25NO2/c1-11(2)17-7-8-19-15(10-17)16(18)14-6-5-12(3)13(4)9-14/h5-6,9,11,15-16,18H,7-8,10H2,1-4H3. The van der Waals surface area contributed by atoms with Crippen molar-refractivity contribution >= 4 is 0 Å². The van der Waals surface area contributed by atoms with E-state index in [1.807, 2.05) is 6.07 Å². The molecule has 1 aromatic rings. The molecule has 1 fully saturated rings. The van der Waals surface area contributed by atoms with Gasteiger partial charge >= 0.3 is 0 Å². The number of morpholine rings is 1. The molecule has 1 N–H and O–H groups in total. The highest BCUT2D eigenvalue weighted by Gasteiger charge is 2.28. The first-order valence-electron chi connectivity index (χ1n) is 7.10. The van der Waals surface area contributed by atoms with Crippen LogP contribution in [0.15, 0.2) is 18.2 Å². The number of aliphatic hydroxyl groups is 1. The molecule has 1 heterocycles. The van der Waals surface area contributed by atoms with Crippen LogP contribution in [-0.4, -0.2) is 41.8 Å². The van der Waals surface area contributed by atoms with Crippen molar-refractivity contribution in [1.82, 2.24) is 4.90 Å². The maximum atomic E-state index is 10.5. The van der Waals surface area contributed by atoms with E-state index in [4.69, 9.17) is 4.74 Å². The second-order valence-corrected chi connectivity index (χ2v) is 5.79. The lowest BCUT2D eigenvalue weighted by Gasteiger charge is -2.37. The van der Waals surface area contributed by atoms with Gasteiger partial charge in [-0.1, -0.05) is 18.2 Å². The van der Waals surface area contributed by atoms with Gasteiger partial charge in [-0.25, -0.2) is 0 Å². The zero-order valence-corrected chi connectivity index (χ0v) is 12.4. The molecule has 2 atom stereocenters. The van der Waals surface area contributed by atoms with Gasteiger partial charge in [0.15, 0.2) is 0 Å². The molecule has 0 amide bonds. The van der Waals surface area contributed by atoms with Gasteiger partial charge in [0.2, 0.25) is 0 Å². The van der Waals surface area contributed by atoms with Crippen LogP contribution in [0.5, 0.6) is 0 Å². The first-order valence-corrected chi connectivity index (χ1v) is 7.10. The normalized spacial score (nSPS) is 22.7. The summed E-state index contributed by atoms with van der Waals surface area (Å²) in [6.07, 6.45) is -0.667. The third-order valence-corrected chi connectivity index (χ3v) is 4.08. The molecule has 1 aliphatic rings. The molecule has 19 heavy (non-hydrogen) atoms. The molecule has 1 aromatic carbocycles. The largest absolute Gasteiger partial charge is 0.386 e. The van der Waals surface area contributed by atoms with Gasteiger partial charge in [-0.15, -0.1) is 0 Å². The number of aryl methyl sites for hydroxylation is 2. The molecule has 0 bridgehead atoms. The molecule has 0 saturated carbocycles. The zero-order chi connectivity index (χ0) is 14.0. The molecule has 0 aliphatic carbocycles. The summed E-state index contributed by atoms with van der Waals surface area (Å²) in [5.41, 5.74) is 3.43.